The Hall–Kier alpha value is -2.37. The first-order valence-electron chi connectivity index (χ1n) is 6.22. The van der Waals surface area contributed by atoms with Crippen molar-refractivity contribution in [2.45, 2.75) is 19.9 Å². The van der Waals surface area contributed by atoms with Crippen LogP contribution in [0, 0.1) is 0 Å². The minimum absolute atomic E-state index is 0.342. The first kappa shape index (κ1) is 11.7. The quantitative estimate of drug-likeness (QED) is 0.782. The van der Waals surface area contributed by atoms with E-state index in [1.165, 1.54) is 0 Å². The second-order valence-corrected chi connectivity index (χ2v) is 4.81. The summed E-state index contributed by atoms with van der Waals surface area (Å²) in [7, 11) is 1.97. The molecule has 0 atom stereocenters. The van der Waals surface area contributed by atoms with E-state index in [-0.39, 0.29) is 0 Å². The standard InChI is InChI=1S/C13H16N6/c1-9(2)19-7-10(6-16-19)17-13-12-11(4-5-14-13)18(3)8-15-12/h4-9H,1-3H3,(H,14,17). The molecule has 0 aliphatic rings. The molecule has 0 amide bonds. The molecule has 98 valence electrons. The highest BCUT2D eigenvalue weighted by atomic mass is 15.3. The lowest BCUT2D eigenvalue weighted by molar-refractivity contribution is 0.532. The number of pyridine rings is 1. The van der Waals surface area contributed by atoms with Gasteiger partial charge in [0.25, 0.3) is 0 Å². The molecule has 0 saturated heterocycles. The van der Waals surface area contributed by atoms with E-state index in [9.17, 15) is 0 Å². The average molecular weight is 256 g/mol. The molecule has 3 heterocycles. The third-order valence-corrected chi connectivity index (χ3v) is 3.04. The molecule has 0 aliphatic carbocycles. The fourth-order valence-electron chi connectivity index (χ4n) is 1.98. The normalized spacial score (nSPS) is 11.4. The van der Waals surface area contributed by atoms with Crippen LogP contribution in [0.4, 0.5) is 11.5 Å². The molecule has 6 heteroatoms. The molecular formula is C13H16N6. The van der Waals surface area contributed by atoms with Crippen molar-refractivity contribution in [2.24, 2.45) is 7.05 Å². The number of imidazole rings is 1. The van der Waals surface area contributed by atoms with Crippen molar-refractivity contribution in [2.75, 3.05) is 5.32 Å². The van der Waals surface area contributed by atoms with Crippen LogP contribution < -0.4 is 5.32 Å². The highest BCUT2D eigenvalue weighted by Crippen LogP contribution is 2.22. The number of rotatable bonds is 3. The number of nitrogens with zero attached hydrogens (tertiary/aromatic N) is 5. The minimum Gasteiger partial charge on any atom is -0.336 e. The van der Waals surface area contributed by atoms with Crippen LogP contribution in [0.2, 0.25) is 0 Å². The van der Waals surface area contributed by atoms with Gasteiger partial charge in [-0.3, -0.25) is 4.68 Å². The Morgan fingerprint density at radius 1 is 1.26 bits per heavy atom. The fourth-order valence-corrected chi connectivity index (χ4v) is 1.98. The van der Waals surface area contributed by atoms with Crippen molar-refractivity contribution in [1.82, 2.24) is 24.3 Å². The first-order chi connectivity index (χ1) is 9.15. The second kappa shape index (κ2) is 4.38. The van der Waals surface area contributed by atoms with Crippen molar-refractivity contribution < 1.29 is 0 Å². The molecule has 0 saturated carbocycles. The summed E-state index contributed by atoms with van der Waals surface area (Å²) < 4.78 is 3.88. The summed E-state index contributed by atoms with van der Waals surface area (Å²) in [5.41, 5.74) is 2.83. The van der Waals surface area contributed by atoms with Crippen LogP contribution in [0.25, 0.3) is 11.0 Å². The molecule has 0 aromatic carbocycles. The Balaban J connectivity index is 1.96. The fraction of sp³-hybridized carbons (Fsp3) is 0.308. The van der Waals surface area contributed by atoms with E-state index in [2.05, 4.69) is 34.2 Å². The molecule has 0 bridgehead atoms. The lowest BCUT2D eigenvalue weighted by Gasteiger charge is -2.05. The zero-order valence-corrected chi connectivity index (χ0v) is 11.2. The molecule has 1 N–H and O–H groups in total. The maximum atomic E-state index is 4.37. The van der Waals surface area contributed by atoms with Crippen LogP contribution in [-0.4, -0.2) is 24.3 Å². The summed E-state index contributed by atoms with van der Waals surface area (Å²) in [6, 6.07) is 2.29. The third kappa shape index (κ3) is 2.05. The maximum absolute atomic E-state index is 4.37. The monoisotopic (exact) mass is 256 g/mol. The maximum Gasteiger partial charge on any atom is 0.158 e. The van der Waals surface area contributed by atoms with Gasteiger partial charge < -0.3 is 9.88 Å². The van der Waals surface area contributed by atoms with Gasteiger partial charge in [-0.2, -0.15) is 5.10 Å². The number of hydrogen-bond acceptors (Lipinski definition) is 4. The molecule has 3 rings (SSSR count). The molecular weight excluding hydrogens is 240 g/mol. The van der Waals surface area contributed by atoms with Gasteiger partial charge >= 0.3 is 0 Å². The van der Waals surface area contributed by atoms with Gasteiger partial charge in [-0.05, 0) is 19.9 Å². The summed E-state index contributed by atoms with van der Waals surface area (Å²) in [6.45, 7) is 4.18. The van der Waals surface area contributed by atoms with Gasteiger partial charge in [0.05, 0.1) is 23.7 Å². The third-order valence-electron chi connectivity index (χ3n) is 3.04. The Kier molecular flexibility index (Phi) is 2.70. The molecule has 0 aliphatic heterocycles. The van der Waals surface area contributed by atoms with E-state index in [1.54, 1.807) is 18.7 Å². The van der Waals surface area contributed by atoms with Gasteiger partial charge in [0, 0.05) is 25.5 Å². The van der Waals surface area contributed by atoms with Crippen molar-refractivity contribution in [3.05, 3.63) is 31.0 Å². The van der Waals surface area contributed by atoms with Crippen LogP contribution >= 0.6 is 0 Å². The Bertz CT molecular complexity index is 709. The molecule has 0 spiro atoms. The Labute approximate surface area is 111 Å². The Morgan fingerprint density at radius 2 is 2.11 bits per heavy atom. The van der Waals surface area contributed by atoms with E-state index in [0.717, 1.165) is 22.5 Å². The number of aryl methyl sites for hydroxylation is 1. The SMILES string of the molecule is CC(C)n1cc(Nc2nccc3c2ncn3C)cn1. The highest BCUT2D eigenvalue weighted by Gasteiger charge is 2.08. The number of fused-ring (bicyclic) bond motifs is 1. The van der Waals surface area contributed by atoms with Crippen LogP contribution in [-0.2, 0) is 7.05 Å². The molecule has 0 radical (unpaired) electrons. The summed E-state index contributed by atoms with van der Waals surface area (Å²) >= 11 is 0. The minimum atomic E-state index is 0.342. The van der Waals surface area contributed by atoms with Gasteiger partial charge in [-0.25, -0.2) is 9.97 Å². The second-order valence-electron chi connectivity index (χ2n) is 4.81. The number of hydrogen-bond donors (Lipinski definition) is 1. The lowest BCUT2D eigenvalue weighted by Crippen LogP contribution is -2.00. The van der Waals surface area contributed by atoms with Gasteiger partial charge in [0.2, 0.25) is 0 Å². The van der Waals surface area contributed by atoms with Crippen LogP contribution in [0.3, 0.4) is 0 Å². The average Bonchev–Trinajstić information content (AvgIpc) is 2.98. The van der Waals surface area contributed by atoms with E-state index >= 15 is 0 Å². The first-order valence-corrected chi connectivity index (χ1v) is 6.22. The predicted octanol–water partition coefficient (Wildman–Crippen LogP) is 2.49. The van der Waals surface area contributed by atoms with Gasteiger partial charge in [-0.1, -0.05) is 0 Å². The van der Waals surface area contributed by atoms with E-state index in [1.807, 2.05) is 28.6 Å². The van der Waals surface area contributed by atoms with E-state index < -0.39 is 0 Å². The van der Waals surface area contributed by atoms with Crippen molar-refractivity contribution >= 4 is 22.5 Å². The van der Waals surface area contributed by atoms with Crippen LogP contribution in [0.15, 0.2) is 31.0 Å². The smallest absolute Gasteiger partial charge is 0.158 e. The van der Waals surface area contributed by atoms with E-state index in [0.29, 0.717) is 6.04 Å². The molecule has 3 aromatic heterocycles. The van der Waals surface area contributed by atoms with Crippen LogP contribution in [0.1, 0.15) is 19.9 Å². The van der Waals surface area contributed by atoms with Crippen LogP contribution in [0.5, 0.6) is 0 Å². The molecule has 3 aromatic rings. The predicted molar refractivity (Wildman–Crippen MR) is 74.4 cm³/mol. The van der Waals surface area contributed by atoms with Gasteiger partial charge in [0.15, 0.2) is 5.82 Å². The Morgan fingerprint density at radius 3 is 2.84 bits per heavy atom. The van der Waals surface area contributed by atoms with Crippen molar-refractivity contribution in [1.29, 1.82) is 0 Å². The number of anilines is 2. The molecule has 6 nitrogen and oxygen atoms in total. The summed E-state index contributed by atoms with van der Waals surface area (Å²) in [5, 5.41) is 7.56. The summed E-state index contributed by atoms with van der Waals surface area (Å²) in [6.07, 6.45) is 7.33. The van der Waals surface area contributed by atoms with E-state index in [4.69, 9.17) is 0 Å². The number of aromatic nitrogens is 5. The number of nitrogens with one attached hydrogen (secondary N) is 1. The topological polar surface area (TPSA) is 60.6 Å². The summed E-state index contributed by atoms with van der Waals surface area (Å²) in [4.78, 5) is 8.71. The molecule has 19 heavy (non-hydrogen) atoms. The van der Waals surface area contributed by atoms with Gasteiger partial charge in [0.1, 0.15) is 5.52 Å². The van der Waals surface area contributed by atoms with Gasteiger partial charge in [-0.15, -0.1) is 0 Å². The molecule has 0 unspecified atom stereocenters. The largest absolute Gasteiger partial charge is 0.336 e. The summed E-state index contributed by atoms with van der Waals surface area (Å²) in [5.74, 6) is 0.751. The zero-order valence-electron chi connectivity index (χ0n) is 11.2. The zero-order chi connectivity index (χ0) is 13.4. The van der Waals surface area contributed by atoms with Crippen molar-refractivity contribution in [3.63, 3.8) is 0 Å². The van der Waals surface area contributed by atoms with Crippen molar-refractivity contribution in [3.8, 4) is 0 Å². The lowest BCUT2D eigenvalue weighted by atomic mass is 10.3. The molecule has 0 fully saturated rings. The highest BCUT2D eigenvalue weighted by molar-refractivity contribution is 5.87.